The average molecular weight is 564 g/mol. The van der Waals surface area contributed by atoms with E-state index in [4.69, 9.17) is 15.0 Å². The van der Waals surface area contributed by atoms with E-state index in [1.54, 1.807) is 18.3 Å². The first-order valence-electron chi connectivity index (χ1n) is 12.7. The lowest BCUT2D eigenvalue weighted by molar-refractivity contribution is -0.192. The van der Waals surface area contributed by atoms with Crippen LogP contribution in [-0.2, 0) is 9.59 Å². The molecule has 0 bridgehead atoms. The number of aliphatic carboxylic acids is 2. The molecule has 4 rings (SSSR count). The van der Waals surface area contributed by atoms with Gasteiger partial charge in [-0.1, -0.05) is 30.3 Å². The van der Waals surface area contributed by atoms with Crippen molar-refractivity contribution >= 4 is 29.7 Å². The number of hydrogen-bond acceptors (Lipinski definition) is 7. The number of halogens is 3. The van der Waals surface area contributed by atoms with E-state index >= 15 is 0 Å². The second-order valence-electron chi connectivity index (χ2n) is 9.38. The number of hydrogen-bond donors (Lipinski definition) is 3. The van der Waals surface area contributed by atoms with Crippen LogP contribution in [0.15, 0.2) is 59.7 Å². The van der Waals surface area contributed by atoms with Crippen LogP contribution in [0.3, 0.4) is 0 Å². The lowest BCUT2D eigenvalue weighted by Gasteiger charge is -2.43. The van der Waals surface area contributed by atoms with Crippen molar-refractivity contribution in [2.75, 3.05) is 50.7 Å². The third kappa shape index (κ3) is 9.65. The number of carbonyl (C=O) groups is 3. The third-order valence-electron chi connectivity index (χ3n) is 6.66. The number of benzene rings is 2. The summed E-state index contributed by atoms with van der Waals surface area (Å²) < 4.78 is 31.7. The maximum Gasteiger partial charge on any atom is 0.490 e. The van der Waals surface area contributed by atoms with E-state index in [9.17, 15) is 22.8 Å². The highest BCUT2D eigenvalue weighted by molar-refractivity contribution is 5.94. The normalized spacial score (nSPS) is 17.2. The molecule has 2 aliphatic rings. The Bertz CT molecular complexity index is 1150. The molecule has 0 unspecified atom stereocenters. The summed E-state index contributed by atoms with van der Waals surface area (Å²) in [6.45, 7) is 5.90. The summed E-state index contributed by atoms with van der Waals surface area (Å²) in [5.74, 6) is -3.72. The van der Waals surface area contributed by atoms with E-state index in [1.165, 1.54) is 5.69 Å². The van der Waals surface area contributed by atoms with E-state index in [2.05, 4.69) is 32.5 Å². The van der Waals surface area contributed by atoms with Gasteiger partial charge in [0.1, 0.15) is 0 Å². The number of piperazine rings is 1. The highest BCUT2D eigenvalue weighted by Crippen LogP contribution is 2.21. The van der Waals surface area contributed by atoms with Gasteiger partial charge < -0.3 is 15.1 Å². The van der Waals surface area contributed by atoms with Crippen LogP contribution in [0.5, 0.6) is 0 Å². The fourth-order valence-electron chi connectivity index (χ4n) is 4.57. The average Bonchev–Trinajstić information content (AvgIpc) is 2.94. The first-order valence-corrected chi connectivity index (χ1v) is 12.7. The van der Waals surface area contributed by atoms with Crippen LogP contribution in [0.25, 0.3) is 0 Å². The number of nitrogens with one attached hydrogen (secondary N) is 1. The number of alkyl halides is 3. The quantitative estimate of drug-likeness (QED) is 0.347. The second-order valence-corrected chi connectivity index (χ2v) is 9.38. The van der Waals surface area contributed by atoms with Gasteiger partial charge in [-0.2, -0.15) is 18.3 Å². The molecule has 0 aromatic heterocycles. The molecular weight excluding hydrogens is 531 g/mol. The first-order chi connectivity index (χ1) is 19.0. The van der Waals surface area contributed by atoms with E-state index in [0.29, 0.717) is 11.6 Å². The summed E-state index contributed by atoms with van der Waals surface area (Å²) >= 11 is 0. The molecule has 13 heteroatoms. The molecule has 10 nitrogen and oxygen atoms in total. The summed E-state index contributed by atoms with van der Waals surface area (Å²) in [6, 6.07) is 17.8. The smallest absolute Gasteiger partial charge is 0.480 e. The molecule has 216 valence electrons. The number of rotatable bonds is 7. The number of carbonyl (C=O) groups excluding carboxylic acids is 1. The molecule has 2 fully saturated rings. The Kier molecular flexibility index (Phi) is 11.0. The van der Waals surface area contributed by atoms with Gasteiger partial charge in [-0.05, 0) is 42.7 Å². The standard InChI is InChI=1S/C25H31N5O3.C2HF3O2/c31-24(32)19-28-12-10-23(11-13-28)30-16-14-29(15-17-30)22-8-6-20(7-9-22)18-26-27-25(33)21-4-2-1-3-5-21;3-2(4,5)1(6)7/h1-9,18,23H,10-17,19H2,(H,27,33)(H,31,32);(H,6,7). The Morgan fingerprint density at radius 2 is 1.48 bits per heavy atom. The fraction of sp³-hybridized carbons (Fsp3) is 0.407. The first kappa shape index (κ1) is 30.6. The van der Waals surface area contributed by atoms with Crippen LogP contribution in [0.4, 0.5) is 18.9 Å². The van der Waals surface area contributed by atoms with Gasteiger partial charge in [-0.25, -0.2) is 10.2 Å². The molecule has 0 atom stereocenters. The van der Waals surface area contributed by atoms with Crippen LogP contribution >= 0.6 is 0 Å². The second kappa shape index (κ2) is 14.4. The summed E-state index contributed by atoms with van der Waals surface area (Å²) in [7, 11) is 0. The molecular formula is C27H32F3N5O5. The summed E-state index contributed by atoms with van der Waals surface area (Å²) in [4.78, 5) is 38.8. The lowest BCUT2D eigenvalue weighted by atomic mass is 10.0. The van der Waals surface area contributed by atoms with E-state index in [0.717, 1.165) is 57.7 Å². The van der Waals surface area contributed by atoms with Crippen molar-refractivity contribution in [2.45, 2.75) is 25.1 Å². The van der Waals surface area contributed by atoms with Crippen LogP contribution in [0.2, 0.25) is 0 Å². The Labute approximate surface area is 229 Å². The van der Waals surface area contributed by atoms with Crippen molar-refractivity contribution in [1.82, 2.24) is 15.2 Å². The monoisotopic (exact) mass is 563 g/mol. The largest absolute Gasteiger partial charge is 0.490 e. The van der Waals surface area contributed by atoms with E-state index in [-0.39, 0.29) is 12.5 Å². The van der Waals surface area contributed by atoms with Crippen LogP contribution in [0, 0.1) is 0 Å². The molecule has 2 saturated heterocycles. The highest BCUT2D eigenvalue weighted by atomic mass is 19.4. The molecule has 2 heterocycles. The van der Waals surface area contributed by atoms with Crippen LogP contribution in [0.1, 0.15) is 28.8 Å². The molecule has 40 heavy (non-hydrogen) atoms. The van der Waals surface area contributed by atoms with Gasteiger partial charge in [0.05, 0.1) is 12.8 Å². The van der Waals surface area contributed by atoms with Gasteiger partial charge in [0.25, 0.3) is 5.91 Å². The molecule has 0 saturated carbocycles. The number of hydrazone groups is 1. The van der Waals surface area contributed by atoms with Crippen molar-refractivity contribution in [2.24, 2.45) is 5.10 Å². The molecule has 1 amide bonds. The predicted octanol–water partition coefficient (Wildman–Crippen LogP) is 2.75. The highest BCUT2D eigenvalue weighted by Gasteiger charge is 2.38. The summed E-state index contributed by atoms with van der Waals surface area (Å²) in [6.07, 6.45) is -1.34. The summed E-state index contributed by atoms with van der Waals surface area (Å²) in [5.41, 5.74) is 5.26. The maximum absolute atomic E-state index is 12.0. The van der Waals surface area contributed by atoms with Crippen LogP contribution < -0.4 is 10.3 Å². The topological polar surface area (TPSA) is 126 Å². The van der Waals surface area contributed by atoms with Crippen LogP contribution in [-0.4, -0.2) is 102 Å². The predicted molar refractivity (Wildman–Crippen MR) is 143 cm³/mol. The molecule has 0 radical (unpaired) electrons. The zero-order valence-corrected chi connectivity index (χ0v) is 21.8. The number of piperidine rings is 1. The Balaban J connectivity index is 0.000000559. The van der Waals surface area contributed by atoms with Gasteiger partial charge in [0, 0.05) is 56.6 Å². The fourth-order valence-corrected chi connectivity index (χ4v) is 4.57. The minimum Gasteiger partial charge on any atom is -0.480 e. The van der Waals surface area contributed by atoms with Gasteiger partial charge in [-0.15, -0.1) is 0 Å². The Hall–Kier alpha value is -3.97. The number of likely N-dealkylation sites (tertiary alicyclic amines) is 1. The zero-order chi connectivity index (χ0) is 29.1. The Morgan fingerprint density at radius 3 is 2.00 bits per heavy atom. The van der Waals surface area contributed by atoms with Gasteiger partial charge in [-0.3, -0.25) is 19.4 Å². The van der Waals surface area contributed by atoms with Crippen molar-refractivity contribution in [3.05, 3.63) is 65.7 Å². The molecule has 3 N–H and O–H groups in total. The van der Waals surface area contributed by atoms with Crippen molar-refractivity contribution < 1.29 is 37.8 Å². The molecule has 0 aliphatic carbocycles. The minimum atomic E-state index is -5.08. The van der Waals surface area contributed by atoms with Gasteiger partial charge in [0.15, 0.2) is 0 Å². The SMILES string of the molecule is O=C(O)C(F)(F)F.O=C(O)CN1CCC(N2CCN(c3ccc(C=NNC(=O)c4ccccc4)cc3)CC2)CC1. The molecule has 0 spiro atoms. The Morgan fingerprint density at radius 1 is 0.900 bits per heavy atom. The van der Waals surface area contributed by atoms with E-state index < -0.39 is 18.1 Å². The minimum absolute atomic E-state index is 0.153. The zero-order valence-electron chi connectivity index (χ0n) is 21.8. The van der Waals surface area contributed by atoms with Gasteiger partial charge >= 0.3 is 18.1 Å². The van der Waals surface area contributed by atoms with Crippen molar-refractivity contribution in [3.63, 3.8) is 0 Å². The molecule has 2 aromatic rings. The summed E-state index contributed by atoms with van der Waals surface area (Å²) in [5, 5.41) is 20.1. The maximum atomic E-state index is 12.0. The molecule has 2 aliphatic heterocycles. The van der Waals surface area contributed by atoms with Crippen molar-refractivity contribution in [1.29, 1.82) is 0 Å². The number of carboxylic acids is 2. The molecule has 2 aromatic carbocycles. The van der Waals surface area contributed by atoms with Crippen molar-refractivity contribution in [3.8, 4) is 0 Å². The lowest BCUT2D eigenvalue weighted by Crippen LogP contribution is -2.53. The van der Waals surface area contributed by atoms with Gasteiger partial charge in [0.2, 0.25) is 0 Å². The number of amides is 1. The number of nitrogens with zero attached hydrogens (tertiary/aromatic N) is 4. The number of carboxylic acid groups (broad SMARTS) is 2. The third-order valence-corrected chi connectivity index (χ3v) is 6.66. The number of anilines is 1. The van der Waals surface area contributed by atoms with E-state index in [1.807, 2.05) is 35.2 Å².